The van der Waals surface area contributed by atoms with Crippen LogP contribution in [0.5, 0.6) is 0 Å². The van der Waals surface area contributed by atoms with Crippen LogP contribution in [0.1, 0.15) is 25.5 Å². The van der Waals surface area contributed by atoms with Crippen molar-refractivity contribution in [3.8, 4) is 0 Å². The molecule has 0 saturated carbocycles. The lowest BCUT2D eigenvalue weighted by molar-refractivity contribution is -0.132. The Kier molecular flexibility index (Phi) is 6.27. The minimum absolute atomic E-state index is 0.0536. The van der Waals surface area contributed by atoms with Crippen molar-refractivity contribution in [3.63, 3.8) is 0 Å². The maximum atomic E-state index is 13.2. The summed E-state index contributed by atoms with van der Waals surface area (Å²) >= 11 is 5.98. The largest absolute Gasteiger partial charge is 0.354 e. The third kappa shape index (κ3) is 4.45. The highest BCUT2D eigenvalue weighted by molar-refractivity contribution is 6.30. The van der Waals surface area contributed by atoms with E-state index in [1.54, 1.807) is 30.3 Å². The molecule has 0 unspecified atom stereocenters. The lowest BCUT2D eigenvalue weighted by Crippen LogP contribution is -2.47. The molecule has 0 saturated heterocycles. The van der Waals surface area contributed by atoms with Crippen molar-refractivity contribution in [1.82, 2.24) is 20.4 Å². The summed E-state index contributed by atoms with van der Waals surface area (Å²) in [5.74, 6) is -0.156. The van der Waals surface area contributed by atoms with Gasteiger partial charge in [0.1, 0.15) is 6.54 Å². The van der Waals surface area contributed by atoms with E-state index in [1.165, 1.54) is 9.80 Å². The van der Waals surface area contributed by atoms with E-state index in [4.69, 9.17) is 11.6 Å². The normalized spacial score (nSPS) is 18.8. The summed E-state index contributed by atoms with van der Waals surface area (Å²) in [6.07, 6.45) is 1.61. The average molecular weight is 417 g/mol. The number of nitrogens with one attached hydrogen (secondary N) is 2. The molecule has 0 fully saturated rings. The average Bonchev–Trinajstić information content (AvgIpc) is 2.99. The maximum Gasteiger partial charge on any atom is 0.322 e. The zero-order valence-electron chi connectivity index (χ0n) is 16.6. The second kappa shape index (κ2) is 8.69. The first-order valence-corrected chi connectivity index (χ1v) is 9.93. The van der Waals surface area contributed by atoms with E-state index in [2.05, 4.69) is 17.2 Å². The molecule has 3 rings (SSSR count). The third-order valence-corrected chi connectivity index (χ3v) is 5.11. The van der Waals surface area contributed by atoms with Gasteiger partial charge in [0.05, 0.1) is 23.9 Å². The molecule has 0 spiro atoms. The fourth-order valence-corrected chi connectivity index (χ4v) is 3.58. The van der Waals surface area contributed by atoms with Crippen molar-refractivity contribution >= 4 is 29.4 Å². The number of benzene rings is 1. The summed E-state index contributed by atoms with van der Waals surface area (Å²) in [7, 11) is 0. The van der Waals surface area contributed by atoms with Gasteiger partial charge in [0, 0.05) is 18.1 Å². The van der Waals surface area contributed by atoms with Crippen LogP contribution in [0, 0.1) is 5.92 Å². The van der Waals surface area contributed by atoms with E-state index < -0.39 is 6.04 Å². The molecular weight excluding hydrogens is 392 g/mol. The van der Waals surface area contributed by atoms with E-state index in [0.717, 1.165) is 5.56 Å². The summed E-state index contributed by atoms with van der Waals surface area (Å²) in [4.78, 5) is 41.1. The minimum Gasteiger partial charge on any atom is -0.354 e. The number of halogens is 1. The number of hydrogen-bond acceptors (Lipinski definition) is 3. The standard InChI is InChI=1S/C21H25ClN4O3/c1-4-9-26-16-11-25(12-17(27)23-10-13(2)3)20(28)18(16)19(24-21(26)29)14-5-7-15(22)8-6-14/h4-8,13,19H,1,9-12H2,2-3H3,(H,23,27)(H,24,29)/t19-/m1/s1. The first kappa shape index (κ1) is 20.9. The smallest absolute Gasteiger partial charge is 0.322 e. The Bertz CT molecular complexity index is 863. The summed E-state index contributed by atoms with van der Waals surface area (Å²) in [6.45, 7) is 8.67. The van der Waals surface area contributed by atoms with Gasteiger partial charge in [0.2, 0.25) is 5.91 Å². The van der Waals surface area contributed by atoms with Crippen molar-refractivity contribution in [3.05, 3.63) is 58.8 Å². The molecule has 2 aliphatic heterocycles. The molecule has 4 amide bonds. The van der Waals surface area contributed by atoms with Gasteiger partial charge in [0.15, 0.2) is 0 Å². The minimum atomic E-state index is -0.591. The van der Waals surface area contributed by atoms with Gasteiger partial charge in [-0.2, -0.15) is 0 Å². The zero-order valence-corrected chi connectivity index (χ0v) is 17.3. The van der Waals surface area contributed by atoms with Gasteiger partial charge < -0.3 is 15.5 Å². The fourth-order valence-electron chi connectivity index (χ4n) is 3.45. The van der Waals surface area contributed by atoms with E-state index in [9.17, 15) is 14.4 Å². The van der Waals surface area contributed by atoms with Gasteiger partial charge in [0.25, 0.3) is 5.91 Å². The van der Waals surface area contributed by atoms with Gasteiger partial charge in [-0.15, -0.1) is 6.58 Å². The zero-order chi connectivity index (χ0) is 21.1. The molecule has 1 aromatic rings. The van der Waals surface area contributed by atoms with Crippen LogP contribution < -0.4 is 10.6 Å². The third-order valence-electron chi connectivity index (χ3n) is 4.85. The number of carbonyl (C=O) groups excluding carboxylic acids is 3. The molecule has 154 valence electrons. The van der Waals surface area contributed by atoms with Crippen LogP contribution in [0.3, 0.4) is 0 Å². The first-order chi connectivity index (χ1) is 13.8. The maximum absolute atomic E-state index is 13.2. The van der Waals surface area contributed by atoms with Gasteiger partial charge in [-0.25, -0.2) is 4.79 Å². The molecule has 29 heavy (non-hydrogen) atoms. The van der Waals surface area contributed by atoms with Gasteiger partial charge in [-0.3, -0.25) is 14.5 Å². The SMILES string of the molecule is C=CCN1C(=O)N[C@H](c2ccc(Cl)cc2)C2=C1CN(CC(=O)NCC(C)C)C2=O. The molecule has 2 N–H and O–H groups in total. The predicted octanol–water partition coefficient (Wildman–Crippen LogP) is 2.46. The van der Waals surface area contributed by atoms with Crippen molar-refractivity contribution in [2.45, 2.75) is 19.9 Å². The number of urea groups is 1. The lowest BCUT2D eigenvalue weighted by atomic mass is 9.95. The van der Waals surface area contributed by atoms with Crippen molar-refractivity contribution in [1.29, 1.82) is 0 Å². The van der Waals surface area contributed by atoms with Crippen molar-refractivity contribution in [2.75, 3.05) is 26.2 Å². The highest BCUT2D eigenvalue weighted by Gasteiger charge is 2.44. The molecule has 2 aliphatic rings. The second-order valence-corrected chi connectivity index (χ2v) is 7.99. The molecule has 0 bridgehead atoms. The number of nitrogens with zero attached hydrogens (tertiary/aromatic N) is 2. The number of rotatable bonds is 7. The van der Waals surface area contributed by atoms with Gasteiger partial charge >= 0.3 is 6.03 Å². The van der Waals surface area contributed by atoms with E-state index >= 15 is 0 Å². The molecule has 1 aromatic carbocycles. The van der Waals surface area contributed by atoms with Crippen LogP contribution in [-0.4, -0.2) is 53.8 Å². The molecular formula is C21H25ClN4O3. The van der Waals surface area contributed by atoms with E-state index in [-0.39, 0.29) is 37.5 Å². The number of hydrogen-bond donors (Lipinski definition) is 2. The van der Waals surface area contributed by atoms with Gasteiger partial charge in [-0.05, 0) is 23.6 Å². The Morgan fingerprint density at radius 1 is 1.34 bits per heavy atom. The second-order valence-electron chi connectivity index (χ2n) is 7.55. The Balaban J connectivity index is 1.88. The molecule has 8 heteroatoms. The van der Waals surface area contributed by atoms with Crippen LogP contribution in [0.25, 0.3) is 0 Å². The number of carbonyl (C=O) groups is 3. The molecule has 7 nitrogen and oxygen atoms in total. The summed E-state index contributed by atoms with van der Waals surface area (Å²) in [6, 6.07) is 6.11. The summed E-state index contributed by atoms with van der Waals surface area (Å²) in [5.41, 5.74) is 1.84. The van der Waals surface area contributed by atoms with Crippen LogP contribution >= 0.6 is 11.6 Å². The number of amides is 4. The molecule has 2 heterocycles. The first-order valence-electron chi connectivity index (χ1n) is 9.55. The summed E-state index contributed by atoms with van der Waals surface area (Å²) in [5, 5.41) is 6.29. The fraction of sp³-hybridized carbons (Fsp3) is 0.381. The van der Waals surface area contributed by atoms with Gasteiger partial charge in [-0.1, -0.05) is 43.7 Å². The van der Waals surface area contributed by atoms with Crippen molar-refractivity contribution < 1.29 is 14.4 Å². The molecule has 0 aromatic heterocycles. The van der Waals surface area contributed by atoms with Crippen molar-refractivity contribution in [2.24, 2.45) is 5.92 Å². The molecule has 1 atom stereocenters. The molecule has 0 aliphatic carbocycles. The van der Waals surface area contributed by atoms with E-state index in [0.29, 0.717) is 28.8 Å². The highest BCUT2D eigenvalue weighted by atomic mass is 35.5. The molecule has 0 radical (unpaired) electrons. The Labute approximate surface area is 175 Å². The van der Waals surface area contributed by atoms with Crippen LogP contribution in [0.15, 0.2) is 48.2 Å². The quantitative estimate of drug-likeness (QED) is 0.670. The lowest BCUT2D eigenvalue weighted by Gasteiger charge is -2.33. The highest BCUT2D eigenvalue weighted by Crippen LogP contribution is 2.36. The Morgan fingerprint density at radius 3 is 2.66 bits per heavy atom. The predicted molar refractivity (Wildman–Crippen MR) is 111 cm³/mol. The van der Waals surface area contributed by atoms with Crippen LogP contribution in [0.2, 0.25) is 5.02 Å². The monoisotopic (exact) mass is 416 g/mol. The van der Waals surface area contributed by atoms with Crippen LogP contribution in [-0.2, 0) is 9.59 Å². The summed E-state index contributed by atoms with van der Waals surface area (Å²) < 4.78 is 0. The van der Waals surface area contributed by atoms with Crippen LogP contribution in [0.4, 0.5) is 4.79 Å². The Morgan fingerprint density at radius 2 is 2.03 bits per heavy atom. The Hall–Kier alpha value is -2.80. The van der Waals surface area contributed by atoms with E-state index in [1.807, 2.05) is 13.8 Å². The topological polar surface area (TPSA) is 81.8 Å².